The van der Waals surface area contributed by atoms with Crippen molar-refractivity contribution in [2.24, 2.45) is 5.73 Å². The SMILES string of the molecule is CCc1cccc(C)c1-c1cccc2c1O[C@@H](CN)CC2. The first-order valence-electron chi connectivity index (χ1n) is 7.82. The molecule has 0 spiro atoms. The summed E-state index contributed by atoms with van der Waals surface area (Å²) in [6, 6.07) is 13.0. The summed E-state index contributed by atoms with van der Waals surface area (Å²) in [5.41, 5.74) is 12.4. The minimum absolute atomic E-state index is 0.146. The molecule has 2 aromatic rings. The third-order valence-electron chi connectivity index (χ3n) is 4.39. The van der Waals surface area contributed by atoms with Crippen LogP contribution in [0.15, 0.2) is 36.4 Å². The fourth-order valence-corrected chi connectivity index (χ4v) is 3.23. The molecule has 2 nitrogen and oxygen atoms in total. The number of ether oxygens (including phenoxy) is 1. The van der Waals surface area contributed by atoms with Crippen LogP contribution in [0.1, 0.15) is 30.0 Å². The molecule has 1 aliphatic rings. The number of aryl methyl sites for hydroxylation is 3. The molecule has 110 valence electrons. The van der Waals surface area contributed by atoms with Crippen LogP contribution in [0.25, 0.3) is 11.1 Å². The summed E-state index contributed by atoms with van der Waals surface area (Å²) in [7, 11) is 0. The largest absolute Gasteiger partial charge is 0.488 e. The second kappa shape index (κ2) is 5.90. The molecule has 2 N–H and O–H groups in total. The lowest BCUT2D eigenvalue weighted by Gasteiger charge is -2.28. The molecule has 2 heteroatoms. The van der Waals surface area contributed by atoms with E-state index in [2.05, 4.69) is 50.2 Å². The van der Waals surface area contributed by atoms with E-state index in [1.807, 2.05) is 0 Å². The summed E-state index contributed by atoms with van der Waals surface area (Å²) >= 11 is 0. The van der Waals surface area contributed by atoms with Gasteiger partial charge >= 0.3 is 0 Å². The average Bonchev–Trinajstić information content (AvgIpc) is 2.53. The number of para-hydroxylation sites is 1. The highest BCUT2D eigenvalue weighted by molar-refractivity contribution is 5.77. The molecule has 21 heavy (non-hydrogen) atoms. The Kier molecular flexibility index (Phi) is 3.98. The van der Waals surface area contributed by atoms with Crippen LogP contribution in [0, 0.1) is 6.92 Å². The van der Waals surface area contributed by atoms with Crippen molar-refractivity contribution >= 4 is 0 Å². The zero-order valence-corrected chi connectivity index (χ0v) is 12.9. The molecule has 0 radical (unpaired) electrons. The smallest absolute Gasteiger partial charge is 0.130 e. The van der Waals surface area contributed by atoms with Gasteiger partial charge in [-0.05, 0) is 48.4 Å². The lowest BCUT2D eigenvalue weighted by atomic mass is 9.90. The highest BCUT2D eigenvalue weighted by atomic mass is 16.5. The van der Waals surface area contributed by atoms with Crippen LogP contribution in [0.3, 0.4) is 0 Å². The normalized spacial score (nSPS) is 17.2. The summed E-state index contributed by atoms with van der Waals surface area (Å²) in [4.78, 5) is 0. The Hall–Kier alpha value is -1.80. The van der Waals surface area contributed by atoms with E-state index in [1.165, 1.54) is 27.8 Å². The Morgan fingerprint density at radius 2 is 2.00 bits per heavy atom. The van der Waals surface area contributed by atoms with Crippen molar-refractivity contribution < 1.29 is 4.74 Å². The van der Waals surface area contributed by atoms with Gasteiger partial charge in [-0.15, -0.1) is 0 Å². The monoisotopic (exact) mass is 281 g/mol. The molecular weight excluding hydrogens is 258 g/mol. The maximum absolute atomic E-state index is 6.20. The van der Waals surface area contributed by atoms with E-state index < -0.39 is 0 Å². The zero-order chi connectivity index (χ0) is 14.8. The molecule has 2 aromatic carbocycles. The third kappa shape index (κ3) is 2.56. The van der Waals surface area contributed by atoms with Crippen molar-refractivity contribution in [2.75, 3.05) is 6.54 Å². The number of rotatable bonds is 3. The summed E-state index contributed by atoms with van der Waals surface area (Å²) in [5, 5.41) is 0. The van der Waals surface area contributed by atoms with Crippen LogP contribution in [0.2, 0.25) is 0 Å². The zero-order valence-electron chi connectivity index (χ0n) is 12.9. The summed E-state index contributed by atoms with van der Waals surface area (Å²) in [6.07, 6.45) is 3.24. The average molecular weight is 281 g/mol. The lowest BCUT2D eigenvalue weighted by molar-refractivity contribution is 0.182. The standard InChI is InChI=1S/C19H23NO/c1-3-14-7-4-6-13(2)18(14)17-9-5-8-15-10-11-16(12-20)21-19(15)17/h4-9,16H,3,10-12,20H2,1-2H3/t16-/m1/s1. The first kappa shape index (κ1) is 14.2. The van der Waals surface area contributed by atoms with Gasteiger partial charge in [0.1, 0.15) is 11.9 Å². The molecular formula is C19H23NO. The molecule has 0 amide bonds. The van der Waals surface area contributed by atoms with Gasteiger partial charge in [0.05, 0.1) is 0 Å². The van der Waals surface area contributed by atoms with Crippen LogP contribution < -0.4 is 10.5 Å². The van der Waals surface area contributed by atoms with E-state index in [4.69, 9.17) is 10.5 Å². The van der Waals surface area contributed by atoms with E-state index in [1.54, 1.807) is 0 Å². The molecule has 0 fully saturated rings. The van der Waals surface area contributed by atoms with Gasteiger partial charge in [-0.2, -0.15) is 0 Å². The number of hydrogen-bond acceptors (Lipinski definition) is 2. The van der Waals surface area contributed by atoms with Gasteiger partial charge in [-0.1, -0.05) is 43.3 Å². The molecule has 0 saturated heterocycles. The summed E-state index contributed by atoms with van der Waals surface area (Å²) < 4.78 is 6.20. The van der Waals surface area contributed by atoms with Crippen molar-refractivity contribution in [3.05, 3.63) is 53.1 Å². The van der Waals surface area contributed by atoms with Crippen LogP contribution in [0.5, 0.6) is 5.75 Å². The van der Waals surface area contributed by atoms with Gasteiger partial charge in [-0.25, -0.2) is 0 Å². The Labute approximate surface area is 126 Å². The van der Waals surface area contributed by atoms with E-state index in [0.29, 0.717) is 6.54 Å². The minimum Gasteiger partial charge on any atom is -0.488 e. The molecule has 0 unspecified atom stereocenters. The fourth-order valence-electron chi connectivity index (χ4n) is 3.23. The number of fused-ring (bicyclic) bond motifs is 1. The highest BCUT2D eigenvalue weighted by Crippen LogP contribution is 2.40. The minimum atomic E-state index is 0.146. The van der Waals surface area contributed by atoms with Crippen LogP contribution in [0.4, 0.5) is 0 Å². The Bertz CT molecular complexity index is 648. The van der Waals surface area contributed by atoms with Crippen LogP contribution >= 0.6 is 0 Å². The van der Waals surface area contributed by atoms with E-state index in [-0.39, 0.29) is 6.10 Å². The van der Waals surface area contributed by atoms with Gasteiger partial charge in [0.25, 0.3) is 0 Å². The third-order valence-corrected chi connectivity index (χ3v) is 4.39. The number of nitrogens with two attached hydrogens (primary N) is 1. The van der Waals surface area contributed by atoms with Gasteiger partial charge in [0, 0.05) is 12.1 Å². The Morgan fingerprint density at radius 3 is 2.76 bits per heavy atom. The molecule has 1 atom stereocenters. The maximum Gasteiger partial charge on any atom is 0.130 e. The van der Waals surface area contributed by atoms with Crippen molar-refractivity contribution in [3.8, 4) is 16.9 Å². The van der Waals surface area contributed by atoms with Crippen molar-refractivity contribution in [2.45, 2.75) is 39.2 Å². The second-order valence-electron chi connectivity index (χ2n) is 5.77. The van der Waals surface area contributed by atoms with E-state index >= 15 is 0 Å². The lowest BCUT2D eigenvalue weighted by Crippen LogP contribution is -2.30. The van der Waals surface area contributed by atoms with Gasteiger partial charge < -0.3 is 10.5 Å². The maximum atomic E-state index is 6.20. The molecule has 0 saturated carbocycles. The summed E-state index contributed by atoms with van der Waals surface area (Å²) in [6.45, 7) is 4.97. The van der Waals surface area contributed by atoms with E-state index in [0.717, 1.165) is 25.0 Å². The second-order valence-corrected chi connectivity index (χ2v) is 5.77. The van der Waals surface area contributed by atoms with Crippen LogP contribution in [-0.2, 0) is 12.8 Å². The van der Waals surface area contributed by atoms with Crippen LogP contribution in [-0.4, -0.2) is 12.6 Å². The van der Waals surface area contributed by atoms with Gasteiger partial charge in [0.15, 0.2) is 0 Å². The first-order chi connectivity index (χ1) is 10.2. The Morgan fingerprint density at radius 1 is 1.19 bits per heavy atom. The van der Waals surface area contributed by atoms with Crippen molar-refractivity contribution in [1.29, 1.82) is 0 Å². The van der Waals surface area contributed by atoms with E-state index in [9.17, 15) is 0 Å². The molecule has 0 aliphatic carbocycles. The Balaban J connectivity index is 2.17. The quantitative estimate of drug-likeness (QED) is 0.926. The van der Waals surface area contributed by atoms with Crippen molar-refractivity contribution in [1.82, 2.24) is 0 Å². The molecule has 0 aromatic heterocycles. The van der Waals surface area contributed by atoms with Gasteiger partial charge in [-0.3, -0.25) is 0 Å². The fraction of sp³-hybridized carbons (Fsp3) is 0.368. The first-order valence-corrected chi connectivity index (χ1v) is 7.82. The van der Waals surface area contributed by atoms with Gasteiger partial charge in [0.2, 0.25) is 0 Å². The molecule has 1 heterocycles. The highest BCUT2D eigenvalue weighted by Gasteiger charge is 2.23. The molecule has 0 bridgehead atoms. The predicted molar refractivity (Wildman–Crippen MR) is 87.8 cm³/mol. The topological polar surface area (TPSA) is 35.2 Å². The number of benzene rings is 2. The summed E-state index contributed by atoms with van der Waals surface area (Å²) in [5.74, 6) is 1.04. The molecule has 1 aliphatic heterocycles. The van der Waals surface area contributed by atoms with Crippen molar-refractivity contribution in [3.63, 3.8) is 0 Å². The molecule has 3 rings (SSSR count). The predicted octanol–water partition coefficient (Wildman–Crippen LogP) is 3.88. The number of hydrogen-bond donors (Lipinski definition) is 1.